The molecule has 0 saturated carbocycles. The number of hydrogen-bond donors (Lipinski definition) is 0. The molecule has 0 aliphatic carbocycles. The van der Waals surface area contributed by atoms with Crippen LogP contribution in [0.3, 0.4) is 0 Å². The molecule has 0 radical (unpaired) electrons. The lowest BCUT2D eigenvalue weighted by Crippen LogP contribution is -2.10. The Morgan fingerprint density at radius 2 is 0.767 bits per heavy atom. The highest BCUT2D eigenvalue weighted by molar-refractivity contribution is 6.13. The fourth-order valence-corrected chi connectivity index (χ4v) is 8.96. The zero-order valence-corrected chi connectivity index (χ0v) is 32.9. The van der Waals surface area contributed by atoms with Crippen LogP contribution in [0.25, 0.3) is 88.3 Å². The lowest BCUT2D eigenvalue weighted by Gasteiger charge is -2.27. The molecule has 0 aliphatic heterocycles. The van der Waals surface area contributed by atoms with E-state index in [1.54, 1.807) is 0 Å². The van der Waals surface area contributed by atoms with E-state index in [0.29, 0.717) is 0 Å². The quantitative estimate of drug-likeness (QED) is 0.153. The fraction of sp³-hybridized carbons (Fsp3) is 0. The van der Waals surface area contributed by atoms with E-state index in [4.69, 9.17) is 4.42 Å². The Balaban J connectivity index is 1.05. The van der Waals surface area contributed by atoms with E-state index in [0.717, 1.165) is 50.1 Å². The van der Waals surface area contributed by atoms with E-state index in [2.05, 4.69) is 235 Å². The zero-order valence-electron chi connectivity index (χ0n) is 32.9. The van der Waals surface area contributed by atoms with Crippen LogP contribution in [-0.2, 0) is 0 Å². The van der Waals surface area contributed by atoms with Crippen molar-refractivity contribution >= 4 is 49.8 Å². The molecule has 2 heteroatoms. The van der Waals surface area contributed by atoms with Crippen molar-refractivity contribution in [2.24, 2.45) is 0 Å². The topological polar surface area (TPSA) is 16.4 Å². The summed E-state index contributed by atoms with van der Waals surface area (Å²) in [6, 6.07) is 84.8. The zero-order chi connectivity index (χ0) is 39.8. The van der Waals surface area contributed by atoms with Crippen molar-refractivity contribution in [2.45, 2.75) is 0 Å². The highest BCUT2D eigenvalue weighted by Crippen LogP contribution is 2.46. The van der Waals surface area contributed by atoms with Gasteiger partial charge in [0.2, 0.25) is 0 Å². The highest BCUT2D eigenvalue weighted by atomic mass is 16.3. The Hall–Kier alpha value is -7.94. The molecular formula is C58H39NO. The smallest absolute Gasteiger partial charge is 0.137 e. The van der Waals surface area contributed by atoms with Gasteiger partial charge in [-0.1, -0.05) is 194 Å². The summed E-state index contributed by atoms with van der Waals surface area (Å²) in [5, 5.41) is 4.65. The first kappa shape index (κ1) is 35.2. The second-order valence-corrected chi connectivity index (χ2v) is 15.2. The van der Waals surface area contributed by atoms with Gasteiger partial charge in [-0.3, -0.25) is 0 Å². The minimum atomic E-state index is 0.863. The van der Waals surface area contributed by atoms with Crippen LogP contribution in [0.5, 0.6) is 0 Å². The van der Waals surface area contributed by atoms with Gasteiger partial charge >= 0.3 is 0 Å². The molecule has 2 nitrogen and oxygen atoms in total. The molecule has 60 heavy (non-hydrogen) atoms. The van der Waals surface area contributed by atoms with E-state index in [1.807, 2.05) is 6.07 Å². The molecule has 10 aromatic carbocycles. The van der Waals surface area contributed by atoms with E-state index in [9.17, 15) is 0 Å². The van der Waals surface area contributed by atoms with Gasteiger partial charge in [0.25, 0.3) is 0 Å². The third-order valence-electron chi connectivity index (χ3n) is 11.7. The van der Waals surface area contributed by atoms with E-state index >= 15 is 0 Å². The third-order valence-corrected chi connectivity index (χ3v) is 11.7. The second kappa shape index (κ2) is 15.1. The Kier molecular flexibility index (Phi) is 8.87. The predicted octanol–water partition coefficient (Wildman–Crippen LogP) is 16.5. The largest absolute Gasteiger partial charge is 0.456 e. The van der Waals surface area contributed by atoms with Crippen LogP contribution in [-0.4, -0.2) is 0 Å². The summed E-state index contributed by atoms with van der Waals surface area (Å²) in [7, 11) is 0. The van der Waals surface area contributed by atoms with Crippen molar-refractivity contribution < 1.29 is 4.42 Å². The van der Waals surface area contributed by atoms with Crippen molar-refractivity contribution in [1.82, 2.24) is 0 Å². The number of nitrogens with zero attached hydrogens (tertiary/aromatic N) is 1. The number of hydrogen-bond acceptors (Lipinski definition) is 2. The summed E-state index contributed by atoms with van der Waals surface area (Å²) in [6.45, 7) is 0. The van der Waals surface area contributed by atoms with Gasteiger partial charge in [0, 0.05) is 16.8 Å². The lowest BCUT2D eigenvalue weighted by atomic mass is 9.87. The molecule has 0 aliphatic rings. The minimum absolute atomic E-state index is 0.863. The molecule has 282 valence electrons. The maximum atomic E-state index is 6.44. The molecule has 1 aromatic heterocycles. The maximum absolute atomic E-state index is 6.44. The number of benzene rings is 10. The fourth-order valence-electron chi connectivity index (χ4n) is 8.96. The second-order valence-electron chi connectivity index (χ2n) is 15.2. The van der Waals surface area contributed by atoms with Crippen LogP contribution in [0.4, 0.5) is 17.1 Å². The molecule has 11 rings (SSSR count). The number of para-hydroxylation sites is 1. The molecule has 11 aromatic rings. The van der Waals surface area contributed by atoms with Crippen molar-refractivity contribution in [3.8, 4) is 55.6 Å². The van der Waals surface area contributed by atoms with Crippen LogP contribution >= 0.6 is 0 Å². The van der Waals surface area contributed by atoms with Gasteiger partial charge in [-0.15, -0.1) is 0 Å². The molecular weight excluding hydrogens is 727 g/mol. The van der Waals surface area contributed by atoms with Gasteiger partial charge < -0.3 is 9.32 Å². The summed E-state index contributed by atoms with van der Waals surface area (Å²) in [6.07, 6.45) is 0. The molecule has 0 saturated heterocycles. The first-order chi connectivity index (χ1) is 29.8. The van der Waals surface area contributed by atoms with E-state index < -0.39 is 0 Å². The Morgan fingerprint density at radius 3 is 1.48 bits per heavy atom. The molecule has 1 heterocycles. The number of anilines is 3. The Morgan fingerprint density at radius 1 is 0.283 bits per heavy atom. The predicted molar refractivity (Wildman–Crippen MR) is 253 cm³/mol. The highest BCUT2D eigenvalue weighted by Gasteiger charge is 2.21. The standard InChI is InChI=1S/C58H39NO/c1-2-17-40(18-3-1)47-24-6-8-26-50(47)52-28-10-11-29-53(52)51-27-9-7-25-48(51)42-35-37-44(38-36-42)59(55-32-16-34-57-58(55)54-30-12-13-33-56(54)60-57)45-22-14-21-43(39-45)49-31-15-20-41-19-4-5-23-46(41)49/h1-39H. The monoisotopic (exact) mass is 765 g/mol. The number of rotatable bonds is 8. The average Bonchev–Trinajstić information content (AvgIpc) is 3.72. The maximum Gasteiger partial charge on any atom is 0.137 e. The van der Waals surface area contributed by atoms with Gasteiger partial charge in [0.1, 0.15) is 11.2 Å². The van der Waals surface area contributed by atoms with Gasteiger partial charge in [-0.05, 0) is 109 Å². The van der Waals surface area contributed by atoms with Crippen molar-refractivity contribution in [1.29, 1.82) is 0 Å². The van der Waals surface area contributed by atoms with E-state index in [1.165, 1.54) is 55.3 Å². The SMILES string of the molecule is c1ccc(-c2ccccc2-c2ccccc2-c2ccccc2-c2ccc(N(c3cccc(-c4cccc5ccccc45)c3)c3cccc4oc5ccccc5c34)cc2)cc1. The van der Waals surface area contributed by atoms with Gasteiger partial charge in [0.05, 0.1) is 11.1 Å². The van der Waals surface area contributed by atoms with Gasteiger partial charge in [0.15, 0.2) is 0 Å². The summed E-state index contributed by atoms with van der Waals surface area (Å²) in [4.78, 5) is 2.38. The molecule has 0 atom stereocenters. The Bertz CT molecular complexity index is 3320. The van der Waals surface area contributed by atoms with Crippen molar-refractivity contribution in [3.63, 3.8) is 0 Å². The molecule has 0 spiro atoms. The molecule has 0 bridgehead atoms. The summed E-state index contributed by atoms with van der Waals surface area (Å²) < 4.78 is 6.44. The van der Waals surface area contributed by atoms with Crippen LogP contribution in [0, 0.1) is 0 Å². The van der Waals surface area contributed by atoms with Crippen molar-refractivity contribution in [2.75, 3.05) is 4.90 Å². The van der Waals surface area contributed by atoms with Crippen molar-refractivity contribution in [3.05, 3.63) is 237 Å². The molecule has 0 unspecified atom stereocenters. The molecule has 0 amide bonds. The average molecular weight is 766 g/mol. The summed E-state index contributed by atoms with van der Waals surface area (Å²) >= 11 is 0. The molecule has 0 fully saturated rings. The normalized spacial score (nSPS) is 11.3. The summed E-state index contributed by atoms with van der Waals surface area (Å²) in [5.41, 5.74) is 16.9. The minimum Gasteiger partial charge on any atom is -0.456 e. The number of fused-ring (bicyclic) bond motifs is 4. The van der Waals surface area contributed by atoms with Crippen LogP contribution in [0.2, 0.25) is 0 Å². The van der Waals surface area contributed by atoms with Crippen LogP contribution in [0.1, 0.15) is 0 Å². The van der Waals surface area contributed by atoms with Gasteiger partial charge in [-0.25, -0.2) is 0 Å². The Labute approximate surface area is 349 Å². The van der Waals surface area contributed by atoms with E-state index in [-0.39, 0.29) is 0 Å². The number of furan rings is 1. The van der Waals surface area contributed by atoms with Gasteiger partial charge in [-0.2, -0.15) is 0 Å². The van der Waals surface area contributed by atoms with Crippen LogP contribution in [0.15, 0.2) is 241 Å². The first-order valence-corrected chi connectivity index (χ1v) is 20.5. The first-order valence-electron chi connectivity index (χ1n) is 20.5. The summed E-state index contributed by atoms with van der Waals surface area (Å²) in [5.74, 6) is 0. The lowest BCUT2D eigenvalue weighted by molar-refractivity contribution is 0.669. The molecule has 0 N–H and O–H groups in total. The third kappa shape index (κ3) is 6.23. The van der Waals surface area contributed by atoms with Crippen LogP contribution < -0.4 is 4.90 Å².